The van der Waals surface area contributed by atoms with Gasteiger partial charge in [-0.15, -0.1) is 0 Å². The summed E-state index contributed by atoms with van der Waals surface area (Å²) in [5.41, 5.74) is -0.558. The molecule has 0 aliphatic heterocycles. The molecule has 1 rings (SSSR count). The second kappa shape index (κ2) is 2.68. The van der Waals surface area contributed by atoms with Crippen LogP contribution in [0.1, 0.15) is 19.3 Å². The molecule has 0 fully saturated rings. The van der Waals surface area contributed by atoms with Gasteiger partial charge in [-0.1, -0.05) is 6.08 Å². The first-order chi connectivity index (χ1) is 5.00. The minimum absolute atomic E-state index is 0.0331. The third-order valence-electron chi connectivity index (χ3n) is 1.61. The zero-order valence-electron chi connectivity index (χ0n) is 5.74. The number of alkyl halides is 3. The predicted molar refractivity (Wildman–Crippen MR) is 33.0 cm³/mol. The molecule has 0 amide bonds. The van der Waals surface area contributed by atoms with Gasteiger partial charge < -0.3 is 0 Å². The molecule has 0 aromatic rings. The number of carbonyl (C=O) groups excluding carboxylic acids is 1. The molecule has 0 saturated carbocycles. The topological polar surface area (TPSA) is 17.1 Å². The Hall–Kier alpha value is -0.800. The summed E-state index contributed by atoms with van der Waals surface area (Å²) in [5.74, 6) is -0.113. The molecule has 4 heteroatoms. The second-order valence-electron chi connectivity index (χ2n) is 2.47. The van der Waals surface area contributed by atoms with E-state index >= 15 is 0 Å². The Morgan fingerprint density at radius 3 is 2.27 bits per heavy atom. The molecule has 62 valence electrons. The van der Waals surface area contributed by atoms with Gasteiger partial charge >= 0.3 is 6.18 Å². The SMILES string of the molecule is O=C1CC=C(C(F)(F)F)CC1. The van der Waals surface area contributed by atoms with Gasteiger partial charge in [0.05, 0.1) is 0 Å². The average molecular weight is 164 g/mol. The van der Waals surface area contributed by atoms with Crippen molar-refractivity contribution in [2.75, 3.05) is 0 Å². The number of hydrogen-bond acceptors (Lipinski definition) is 1. The fourth-order valence-electron chi connectivity index (χ4n) is 0.973. The molecule has 0 heterocycles. The summed E-state index contributed by atoms with van der Waals surface area (Å²) >= 11 is 0. The monoisotopic (exact) mass is 164 g/mol. The molecule has 0 saturated heterocycles. The Bertz CT molecular complexity index is 202. The normalized spacial score (nSPS) is 19.9. The number of hydrogen-bond donors (Lipinski definition) is 0. The van der Waals surface area contributed by atoms with Crippen LogP contribution in [-0.4, -0.2) is 12.0 Å². The van der Waals surface area contributed by atoms with Gasteiger partial charge in [0, 0.05) is 18.4 Å². The first-order valence-electron chi connectivity index (χ1n) is 3.28. The summed E-state index contributed by atoms with van der Waals surface area (Å²) in [6, 6.07) is 0. The van der Waals surface area contributed by atoms with Crippen molar-refractivity contribution in [1.82, 2.24) is 0 Å². The lowest BCUT2D eigenvalue weighted by atomic mass is 9.98. The molecule has 1 nitrogen and oxygen atoms in total. The molecule has 0 radical (unpaired) electrons. The van der Waals surface area contributed by atoms with E-state index in [-0.39, 0.29) is 25.0 Å². The molecule has 0 bridgehead atoms. The van der Waals surface area contributed by atoms with Gasteiger partial charge in [0.2, 0.25) is 0 Å². The Morgan fingerprint density at radius 2 is 1.91 bits per heavy atom. The Labute approximate surface area is 61.9 Å². The number of Topliss-reactive ketones (excluding diaryl/α,β-unsaturated/α-hetero) is 1. The largest absolute Gasteiger partial charge is 0.412 e. The van der Waals surface area contributed by atoms with Crippen molar-refractivity contribution in [2.45, 2.75) is 25.4 Å². The summed E-state index contributed by atoms with van der Waals surface area (Å²) in [4.78, 5) is 10.5. The number of carbonyl (C=O) groups is 1. The van der Waals surface area contributed by atoms with Gasteiger partial charge in [-0.05, 0) is 6.42 Å². The van der Waals surface area contributed by atoms with Crippen LogP contribution in [0.15, 0.2) is 11.6 Å². The molecule has 1 aliphatic carbocycles. The minimum atomic E-state index is -4.24. The highest BCUT2D eigenvalue weighted by Crippen LogP contribution is 2.31. The third kappa shape index (κ3) is 2.06. The van der Waals surface area contributed by atoms with Crippen molar-refractivity contribution in [3.05, 3.63) is 11.6 Å². The standard InChI is InChI=1S/C7H7F3O/c8-7(9,10)5-1-3-6(11)4-2-5/h1H,2-4H2. The van der Waals surface area contributed by atoms with Crippen LogP contribution in [0.5, 0.6) is 0 Å². The van der Waals surface area contributed by atoms with Gasteiger partial charge in [-0.3, -0.25) is 4.79 Å². The fraction of sp³-hybridized carbons (Fsp3) is 0.571. The van der Waals surface area contributed by atoms with E-state index in [1.54, 1.807) is 0 Å². The summed E-state index contributed by atoms with van der Waals surface area (Å²) in [7, 11) is 0. The van der Waals surface area contributed by atoms with E-state index in [1.807, 2.05) is 0 Å². The Balaban J connectivity index is 2.69. The van der Waals surface area contributed by atoms with E-state index in [9.17, 15) is 18.0 Å². The lowest BCUT2D eigenvalue weighted by molar-refractivity contribution is -0.120. The number of rotatable bonds is 0. The Kier molecular flexibility index (Phi) is 2.02. The van der Waals surface area contributed by atoms with Crippen molar-refractivity contribution < 1.29 is 18.0 Å². The van der Waals surface area contributed by atoms with Crippen molar-refractivity contribution >= 4 is 5.78 Å². The summed E-state index contributed by atoms with van der Waals surface area (Å²) in [6.45, 7) is 0. The van der Waals surface area contributed by atoms with Gasteiger partial charge in [0.25, 0.3) is 0 Å². The quantitative estimate of drug-likeness (QED) is 0.502. The zero-order valence-corrected chi connectivity index (χ0v) is 5.74. The maximum atomic E-state index is 11.9. The van der Waals surface area contributed by atoms with Crippen LogP contribution < -0.4 is 0 Å². The molecular formula is C7H7F3O. The fourth-order valence-corrected chi connectivity index (χ4v) is 0.973. The van der Waals surface area contributed by atoms with E-state index in [2.05, 4.69) is 0 Å². The molecule has 0 N–H and O–H groups in total. The second-order valence-corrected chi connectivity index (χ2v) is 2.47. The summed E-state index contributed by atoms with van der Waals surface area (Å²) < 4.78 is 35.7. The summed E-state index contributed by atoms with van der Waals surface area (Å²) in [6.07, 6.45) is -3.44. The number of allylic oxidation sites excluding steroid dienone is 2. The molecule has 0 atom stereocenters. The van der Waals surface area contributed by atoms with Crippen LogP contribution in [0, 0.1) is 0 Å². The molecule has 0 aromatic heterocycles. The maximum absolute atomic E-state index is 11.9. The van der Waals surface area contributed by atoms with Gasteiger partial charge in [0.1, 0.15) is 5.78 Å². The van der Waals surface area contributed by atoms with E-state index in [0.29, 0.717) is 0 Å². The highest BCUT2D eigenvalue weighted by atomic mass is 19.4. The van der Waals surface area contributed by atoms with Crippen LogP contribution in [-0.2, 0) is 4.79 Å². The lowest BCUT2D eigenvalue weighted by Gasteiger charge is -2.14. The molecule has 11 heavy (non-hydrogen) atoms. The number of halogens is 3. The molecule has 0 spiro atoms. The maximum Gasteiger partial charge on any atom is 0.412 e. The van der Waals surface area contributed by atoms with Crippen molar-refractivity contribution in [3.63, 3.8) is 0 Å². The molecule has 1 aliphatic rings. The van der Waals surface area contributed by atoms with Gasteiger partial charge in [0.15, 0.2) is 0 Å². The van der Waals surface area contributed by atoms with E-state index in [4.69, 9.17) is 0 Å². The average Bonchev–Trinajstić information content (AvgIpc) is 1.86. The summed E-state index contributed by atoms with van der Waals surface area (Å²) in [5, 5.41) is 0. The van der Waals surface area contributed by atoms with Crippen LogP contribution in [0.2, 0.25) is 0 Å². The predicted octanol–water partition coefficient (Wildman–Crippen LogP) is 2.23. The molecular weight excluding hydrogens is 157 g/mol. The van der Waals surface area contributed by atoms with Gasteiger partial charge in [-0.2, -0.15) is 13.2 Å². The highest BCUT2D eigenvalue weighted by Gasteiger charge is 2.34. The number of ketones is 1. The molecule has 0 aromatic carbocycles. The lowest BCUT2D eigenvalue weighted by Crippen LogP contribution is -2.16. The smallest absolute Gasteiger partial charge is 0.299 e. The van der Waals surface area contributed by atoms with Crippen molar-refractivity contribution in [1.29, 1.82) is 0 Å². The van der Waals surface area contributed by atoms with Gasteiger partial charge in [-0.25, -0.2) is 0 Å². The van der Waals surface area contributed by atoms with Crippen LogP contribution >= 0.6 is 0 Å². The van der Waals surface area contributed by atoms with Crippen LogP contribution in [0.25, 0.3) is 0 Å². The first-order valence-corrected chi connectivity index (χ1v) is 3.28. The Morgan fingerprint density at radius 1 is 1.27 bits per heavy atom. The first kappa shape index (κ1) is 8.30. The zero-order chi connectivity index (χ0) is 8.48. The van der Waals surface area contributed by atoms with Crippen LogP contribution in [0.3, 0.4) is 0 Å². The minimum Gasteiger partial charge on any atom is -0.299 e. The van der Waals surface area contributed by atoms with E-state index < -0.39 is 11.7 Å². The van der Waals surface area contributed by atoms with Crippen molar-refractivity contribution in [3.8, 4) is 0 Å². The highest BCUT2D eigenvalue weighted by molar-refractivity contribution is 5.81. The van der Waals surface area contributed by atoms with Crippen molar-refractivity contribution in [2.24, 2.45) is 0 Å². The molecule has 0 unspecified atom stereocenters. The van der Waals surface area contributed by atoms with E-state index in [1.165, 1.54) is 0 Å². The van der Waals surface area contributed by atoms with Crippen LogP contribution in [0.4, 0.5) is 13.2 Å². The third-order valence-corrected chi connectivity index (χ3v) is 1.61. The van der Waals surface area contributed by atoms with E-state index in [0.717, 1.165) is 6.08 Å².